The first-order valence-electron chi connectivity index (χ1n) is 5.63. The van der Waals surface area contributed by atoms with Crippen LogP contribution in [0, 0.1) is 0 Å². The molecule has 0 aromatic carbocycles. The molecule has 2 unspecified atom stereocenters. The van der Waals surface area contributed by atoms with Crippen LogP contribution in [0.3, 0.4) is 0 Å². The van der Waals surface area contributed by atoms with Crippen LogP contribution in [-0.2, 0) is 6.54 Å². The molecule has 92 valence electrons. The summed E-state index contributed by atoms with van der Waals surface area (Å²) in [6, 6.07) is -0.0455. The normalized spacial score (nSPS) is 16.1. The Morgan fingerprint density at radius 3 is 2.56 bits per heavy atom. The first-order chi connectivity index (χ1) is 7.29. The van der Waals surface area contributed by atoms with Crippen molar-refractivity contribution in [3.8, 4) is 0 Å². The van der Waals surface area contributed by atoms with Gasteiger partial charge in [-0.25, -0.2) is 4.68 Å². The van der Waals surface area contributed by atoms with Crippen molar-refractivity contribution >= 4 is 0 Å². The van der Waals surface area contributed by atoms with Gasteiger partial charge in [-0.15, -0.1) is 5.10 Å². The van der Waals surface area contributed by atoms with Crippen molar-refractivity contribution < 1.29 is 5.11 Å². The predicted octanol–water partition coefficient (Wildman–Crippen LogP) is 1.11. The summed E-state index contributed by atoms with van der Waals surface area (Å²) in [5, 5.41) is 20.8. The van der Waals surface area contributed by atoms with E-state index >= 15 is 0 Å². The van der Waals surface area contributed by atoms with Gasteiger partial charge in [0, 0.05) is 12.1 Å². The lowest BCUT2D eigenvalue weighted by atomic mass is 10.1. The standard InChI is InChI=1S/C11H22N4O/c1-8(9(2)16)15-7-10(13-14-15)6-12-11(3,4)5/h7-9,12,16H,6H2,1-5H3. The third kappa shape index (κ3) is 3.90. The van der Waals surface area contributed by atoms with E-state index in [0.29, 0.717) is 6.54 Å². The zero-order valence-electron chi connectivity index (χ0n) is 10.7. The van der Waals surface area contributed by atoms with E-state index in [4.69, 9.17) is 0 Å². The van der Waals surface area contributed by atoms with Gasteiger partial charge in [-0.1, -0.05) is 5.21 Å². The fourth-order valence-corrected chi connectivity index (χ4v) is 1.17. The van der Waals surface area contributed by atoms with Crippen LogP contribution in [-0.4, -0.2) is 31.7 Å². The third-order valence-electron chi connectivity index (χ3n) is 2.47. The van der Waals surface area contributed by atoms with Crippen molar-refractivity contribution in [3.05, 3.63) is 11.9 Å². The van der Waals surface area contributed by atoms with Gasteiger partial charge >= 0.3 is 0 Å². The molecule has 0 saturated carbocycles. The minimum Gasteiger partial charge on any atom is -0.391 e. The molecule has 0 aliphatic carbocycles. The van der Waals surface area contributed by atoms with Crippen molar-refractivity contribution in [1.82, 2.24) is 20.3 Å². The average Bonchev–Trinajstić information content (AvgIpc) is 2.60. The molecule has 5 heteroatoms. The number of nitrogens with zero attached hydrogens (tertiary/aromatic N) is 3. The molecule has 16 heavy (non-hydrogen) atoms. The average molecular weight is 226 g/mol. The summed E-state index contributed by atoms with van der Waals surface area (Å²) in [4.78, 5) is 0. The molecule has 1 aromatic heterocycles. The van der Waals surface area contributed by atoms with Crippen molar-refractivity contribution in [1.29, 1.82) is 0 Å². The molecule has 5 nitrogen and oxygen atoms in total. The summed E-state index contributed by atoms with van der Waals surface area (Å²) in [5.41, 5.74) is 0.960. The van der Waals surface area contributed by atoms with Gasteiger partial charge in [-0.3, -0.25) is 0 Å². The van der Waals surface area contributed by atoms with E-state index in [9.17, 15) is 5.11 Å². The van der Waals surface area contributed by atoms with Crippen LogP contribution in [0.2, 0.25) is 0 Å². The second-order valence-corrected chi connectivity index (χ2v) is 5.27. The van der Waals surface area contributed by atoms with E-state index in [2.05, 4.69) is 36.4 Å². The number of aromatic nitrogens is 3. The second-order valence-electron chi connectivity index (χ2n) is 5.27. The van der Waals surface area contributed by atoms with Gasteiger partial charge in [-0.05, 0) is 34.6 Å². The maximum Gasteiger partial charge on any atom is 0.0965 e. The molecule has 0 saturated heterocycles. The minimum atomic E-state index is -0.426. The topological polar surface area (TPSA) is 63.0 Å². The monoisotopic (exact) mass is 226 g/mol. The summed E-state index contributed by atoms with van der Waals surface area (Å²) in [6.45, 7) is 10.7. The van der Waals surface area contributed by atoms with Crippen molar-refractivity contribution in [2.75, 3.05) is 0 Å². The van der Waals surface area contributed by atoms with Crippen LogP contribution in [0.4, 0.5) is 0 Å². The Morgan fingerprint density at radius 2 is 2.06 bits per heavy atom. The van der Waals surface area contributed by atoms with Crippen molar-refractivity contribution in [3.63, 3.8) is 0 Å². The van der Waals surface area contributed by atoms with Gasteiger partial charge in [0.25, 0.3) is 0 Å². The predicted molar refractivity (Wildman–Crippen MR) is 63.0 cm³/mol. The molecule has 1 heterocycles. The van der Waals surface area contributed by atoms with Gasteiger partial charge in [0.2, 0.25) is 0 Å². The van der Waals surface area contributed by atoms with E-state index in [0.717, 1.165) is 5.69 Å². The number of hydrogen-bond donors (Lipinski definition) is 2. The third-order valence-corrected chi connectivity index (χ3v) is 2.47. The highest BCUT2D eigenvalue weighted by molar-refractivity contribution is 4.94. The Morgan fingerprint density at radius 1 is 1.44 bits per heavy atom. The summed E-state index contributed by atoms with van der Waals surface area (Å²) >= 11 is 0. The lowest BCUT2D eigenvalue weighted by Gasteiger charge is -2.19. The molecule has 1 rings (SSSR count). The maximum absolute atomic E-state index is 9.44. The number of aliphatic hydroxyl groups is 1. The SMILES string of the molecule is CC(O)C(C)n1cc(CNC(C)(C)C)nn1. The number of rotatable bonds is 4. The zero-order chi connectivity index (χ0) is 12.3. The molecule has 0 aliphatic rings. The van der Waals surface area contributed by atoms with Crippen LogP contribution in [0.15, 0.2) is 6.20 Å². The number of aliphatic hydroxyl groups excluding tert-OH is 1. The molecule has 0 aliphatic heterocycles. The Bertz CT molecular complexity index is 327. The van der Waals surface area contributed by atoms with Gasteiger partial charge < -0.3 is 10.4 Å². The van der Waals surface area contributed by atoms with E-state index in [-0.39, 0.29) is 11.6 Å². The summed E-state index contributed by atoms with van der Waals surface area (Å²) in [7, 11) is 0. The Kier molecular flexibility index (Phi) is 4.04. The highest BCUT2D eigenvalue weighted by Crippen LogP contribution is 2.09. The molecule has 0 spiro atoms. The molecule has 2 atom stereocenters. The molecule has 0 bridgehead atoms. The van der Waals surface area contributed by atoms with Gasteiger partial charge in [0.15, 0.2) is 0 Å². The quantitative estimate of drug-likeness (QED) is 0.807. The molecule has 2 N–H and O–H groups in total. The first kappa shape index (κ1) is 13.1. The van der Waals surface area contributed by atoms with Crippen LogP contribution in [0.1, 0.15) is 46.4 Å². The fraction of sp³-hybridized carbons (Fsp3) is 0.818. The fourth-order valence-electron chi connectivity index (χ4n) is 1.17. The van der Waals surface area contributed by atoms with Crippen molar-refractivity contribution in [2.45, 2.75) is 58.8 Å². The summed E-state index contributed by atoms with van der Waals surface area (Å²) in [5.74, 6) is 0. The summed E-state index contributed by atoms with van der Waals surface area (Å²) in [6.07, 6.45) is 1.45. The van der Waals surface area contributed by atoms with Crippen molar-refractivity contribution in [2.24, 2.45) is 0 Å². The van der Waals surface area contributed by atoms with Gasteiger partial charge in [-0.2, -0.15) is 0 Å². The Labute approximate surface area is 96.9 Å². The van der Waals surface area contributed by atoms with Crippen LogP contribution in [0.25, 0.3) is 0 Å². The minimum absolute atomic E-state index is 0.0455. The van der Waals surface area contributed by atoms with Crippen LogP contribution >= 0.6 is 0 Å². The molecule has 0 fully saturated rings. The molecule has 1 aromatic rings. The van der Waals surface area contributed by atoms with E-state index in [1.165, 1.54) is 0 Å². The van der Waals surface area contributed by atoms with E-state index in [1.807, 2.05) is 13.1 Å². The highest BCUT2D eigenvalue weighted by atomic mass is 16.3. The maximum atomic E-state index is 9.44. The first-order valence-corrected chi connectivity index (χ1v) is 5.63. The number of hydrogen-bond acceptors (Lipinski definition) is 4. The smallest absolute Gasteiger partial charge is 0.0965 e. The van der Waals surface area contributed by atoms with Crippen LogP contribution < -0.4 is 5.32 Å². The molecular weight excluding hydrogens is 204 g/mol. The molecule has 0 amide bonds. The zero-order valence-corrected chi connectivity index (χ0v) is 10.7. The lowest BCUT2D eigenvalue weighted by molar-refractivity contribution is 0.131. The summed E-state index contributed by atoms with van der Waals surface area (Å²) < 4.78 is 1.70. The van der Waals surface area contributed by atoms with Crippen LogP contribution in [0.5, 0.6) is 0 Å². The molecule has 0 radical (unpaired) electrons. The largest absolute Gasteiger partial charge is 0.391 e. The van der Waals surface area contributed by atoms with E-state index < -0.39 is 6.10 Å². The lowest BCUT2D eigenvalue weighted by Crippen LogP contribution is -2.35. The highest BCUT2D eigenvalue weighted by Gasteiger charge is 2.14. The van der Waals surface area contributed by atoms with E-state index in [1.54, 1.807) is 11.6 Å². The Balaban J connectivity index is 2.58. The van der Waals surface area contributed by atoms with Gasteiger partial charge in [0.1, 0.15) is 0 Å². The Hall–Kier alpha value is -0.940. The number of nitrogens with one attached hydrogen (secondary N) is 1. The van der Waals surface area contributed by atoms with Gasteiger partial charge in [0.05, 0.1) is 24.0 Å². The molecular formula is C11H22N4O. The second kappa shape index (κ2) is 4.93.